The van der Waals surface area contributed by atoms with E-state index in [0.717, 1.165) is 16.3 Å². The summed E-state index contributed by atoms with van der Waals surface area (Å²) in [4.78, 5) is 45.1. The number of aromatic nitrogens is 1. The van der Waals surface area contributed by atoms with Crippen molar-refractivity contribution in [3.8, 4) is 0 Å². The Labute approximate surface area is 199 Å². The Kier molecular flexibility index (Phi) is 4.16. The molecule has 33 heavy (non-hydrogen) atoms. The van der Waals surface area contributed by atoms with Crippen molar-refractivity contribution in [2.45, 2.75) is 29.5 Å². The van der Waals surface area contributed by atoms with E-state index in [1.165, 1.54) is 27.4 Å². The first-order valence-corrected chi connectivity index (χ1v) is 13.1. The summed E-state index contributed by atoms with van der Waals surface area (Å²) in [5.41, 5.74) is 3.08. The maximum absolute atomic E-state index is 13.6. The van der Waals surface area contributed by atoms with Gasteiger partial charge in [0.2, 0.25) is 11.8 Å². The molecule has 0 radical (unpaired) electrons. The van der Waals surface area contributed by atoms with E-state index in [0.29, 0.717) is 5.69 Å². The van der Waals surface area contributed by atoms with Crippen LogP contribution in [0.5, 0.6) is 0 Å². The maximum atomic E-state index is 13.6. The Morgan fingerprint density at radius 1 is 0.909 bits per heavy atom. The molecular weight excluding hydrogens is 452 g/mol. The first-order chi connectivity index (χ1) is 16.0. The molecule has 3 fully saturated rings. The third-order valence-corrected chi connectivity index (χ3v) is 10.8. The lowest BCUT2D eigenvalue weighted by Gasteiger charge is -2.43. The van der Waals surface area contributed by atoms with E-state index in [1.807, 2.05) is 30.3 Å². The number of nitrogens with one attached hydrogen (secondary N) is 1. The number of carbonyl (C=O) groups excluding carboxylic acids is 2. The van der Waals surface area contributed by atoms with Crippen LogP contribution >= 0.6 is 23.1 Å². The van der Waals surface area contributed by atoms with E-state index in [2.05, 4.69) is 36.2 Å². The molecule has 2 amide bonds. The Bertz CT molecular complexity index is 1350. The number of rotatable bonds is 2. The van der Waals surface area contributed by atoms with Crippen molar-refractivity contribution < 1.29 is 9.59 Å². The number of benzene rings is 2. The molecule has 2 aliphatic heterocycles. The molecule has 7 rings (SSSR count). The molecule has 1 N–H and O–H groups in total. The van der Waals surface area contributed by atoms with E-state index < -0.39 is 0 Å². The summed E-state index contributed by atoms with van der Waals surface area (Å²) in [7, 11) is 0. The number of para-hydroxylation sites is 1. The van der Waals surface area contributed by atoms with Gasteiger partial charge in [-0.05, 0) is 48.8 Å². The number of hydrogen-bond donors (Lipinski definition) is 1. The summed E-state index contributed by atoms with van der Waals surface area (Å²) in [6.07, 6.45) is 0.916. The number of amides is 2. The highest BCUT2D eigenvalue weighted by atomic mass is 32.2. The Hall–Kier alpha value is -2.64. The monoisotopic (exact) mass is 474 g/mol. The van der Waals surface area contributed by atoms with Crippen molar-refractivity contribution >= 4 is 40.6 Å². The van der Waals surface area contributed by atoms with Gasteiger partial charge in [-0.1, -0.05) is 59.4 Å². The number of carbonyl (C=O) groups is 2. The molecule has 3 aromatic rings. The molecule has 7 atom stereocenters. The molecule has 0 unspecified atom stereocenters. The van der Waals surface area contributed by atoms with E-state index in [4.69, 9.17) is 0 Å². The van der Waals surface area contributed by atoms with Gasteiger partial charge in [0.05, 0.1) is 22.5 Å². The molecule has 7 heteroatoms. The Balaban J connectivity index is 1.34. The quantitative estimate of drug-likeness (QED) is 0.558. The highest BCUT2D eigenvalue weighted by molar-refractivity contribution is 8.00. The summed E-state index contributed by atoms with van der Waals surface area (Å²) >= 11 is 3.04. The molecule has 1 saturated heterocycles. The number of aryl methyl sites for hydroxylation is 1. The number of hydrogen-bond acceptors (Lipinski definition) is 5. The molecule has 3 heterocycles. The number of thiazole rings is 1. The van der Waals surface area contributed by atoms with Crippen LogP contribution in [0.1, 0.15) is 28.3 Å². The number of imide groups is 1. The lowest BCUT2D eigenvalue weighted by molar-refractivity contribution is -0.123. The van der Waals surface area contributed by atoms with E-state index in [-0.39, 0.29) is 57.4 Å². The van der Waals surface area contributed by atoms with Gasteiger partial charge in [-0.15, -0.1) is 11.8 Å². The largest absolute Gasteiger partial charge is 0.307 e. The van der Waals surface area contributed by atoms with Gasteiger partial charge in [0.15, 0.2) is 0 Å². The smallest absolute Gasteiger partial charge is 0.305 e. The van der Waals surface area contributed by atoms with Crippen molar-refractivity contribution in [3.05, 3.63) is 80.3 Å². The summed E-state index contributed by atoms with van der Waals surface area (Å²) in [5, 5.41) is 1.19. The second-order valence-electron chi connectivity index (χ2n) is 9.72. The Morgan fingerprint density at radius 2 is 1.61 bits per heavy atom. The van der Waals surface area contributed by atoms with Crippen molar-refractivity contribution in [3.63, 3.8) is 0 Å². The van der Waals surface area contributed by atoms with Gasteiger partial charge in [0.1, 0.15) is 0 Å². The first-order valence-electron chi connectivity index (χ1n) is 11.4. The predicted octanol–water partition coefficient (Wildman–Crippen LogP) is 4.42. The van der Waals surface area contributed by atoms with Gasteiger partial charge < -0.3 is 4.98 Å². The maximum Gasteiger partial charge on any atom is 0.305 e. The number of aromatic amines is 1. The zero-order valence-corrected chi connectivity index (χ0v) is 19.6. The van der Waals surface area contributed by atoms with Crippen LogP contribution in [0.2, 0.25) is 0 Å². The van der Waals surface area contributed by atoms with Crippen LogP contribution in [0.3, 0.4) is 0 Å². The number of fused-ring (bicyclic) bond motifs is 9. The molecule has 2 aromatic carbocycles. The minimum Gasteiger partial charge on any atom is -0.307 e. The summed E-state index contributed by atoms with van der Waals surface area (Å²) < 4.78 is 0. The van der Waals surface area contributed by atoms with Crippen LogP contribution in [-0.2, 0) is 9.59 Å². The number of H-pyrrole nitrogens is 1. The third kappa shape index (κ3) is 2.63. The highest BCUT2D eigenvalue weighted by Crippen LogP contribution is 2.68. The normalized spacial score (nSPS) is 33.8. The fourth-order valence-corrected chi connectivity index (χ4v) is 9.88. The standard InChI is InChI=1S/C26H22N2O3S2/c1-12-7-9-13(10-8-12)17-18-15-11-16(21(18)32-23-22(17)33-26(31)27-23)20-19(15)24(29)28(25(20)30)14-5-3-2-4-6-14/h2-10,15-21H,11H2,1H3,(H,27,31)/t15-,16+,17+,18-,19+,20+,21-/m0/s1. The van der Waals surface area contributed by atoms with Crippen LogP contribution < -0.4 is 9.77 Å². The van der Waals surface area contributed by atoms with E-state index >= 15 is 0 Å². The van der Waals surface area contributed by atoms with Crippen molar-refractivity contribution in [1.29, 1.82) is 0 Å². The van der Waals surface area contributed by atoms with Crippen LogP contribution in [0.25, 0.3) is 0 Å². The van der Waals surface area contributed by atoms with Crippen molar-refractivity contribution in [2.24, 2.45) is 29.6 Å². The fraction of sp³-hybridized carbons (Fsp3) is 0.346. The second kappa shape index (κ2) is 6.93. The van der Waals surface area contributed by atoms with Gasteiger partial charge in [-0.3, -0.25) is 19.3 Å². The highest BCUT2D eigenvalue weighted by Gasteiger charge is 2.69. The minimum atomic E-state index is -0.255. The average Bonchev–Trinajstić information content (AvgIpc) is 3.54. The van der Waals surface area contributed by atoms with Crippen molar-refractivity contribution in [2.75, 3.05) is 4.90 Å². The molecule has 4 aliphatic rings. The third-order valence-electron chi connectivity index (χ3n) is 8.17. The predicted molar refractivity (Wildman–Crippen MR) is 129 cm³/mol. The minimum absolute atomic E-state index is 0.0282. The average molecular weight is 475 g/mol. The lowest BCUT2D eigenvalue weighted by Crippen LogP contribution is -2.42. The number of thioether (sulfide) groups is 1. The first kappa shape index (κ1) is 19.8. The van der Waals surface area contributed by atoms with Gasteiger partial charge in [-0.2, -0.15) is 0 Å². The molecule has 2 aliphatic carbocycles. The van der Waals surface area contributed by atoms with Gasteiger partial charge in [0.25, 0.3) is 0 Å². The molecule has 5 nitrogen and oxygen atoms in total. The zero-order valence-electron chi connectivity index (χ0n) is 17.9. The van der Waals surface area contributed by atoms with E-state index in [9.17, 15) is 14.4 Å². The van der Waals surface area contributed by atoms with Crippen molar-refractivity contribution in [1.82, 2.24) is 4.98 Å². The van der Waals surface area contributed by atoms with Crippen LogP contribution in [0.15, 0.2) is 64.4 Å². The van der Waals surface area contributed by atoms with Crippen LogP contribution in [0.4, 0.5) is 5.69 Å². The molecule has 2 saturated carbocycles. The molecule has 0 spiro atoms. The fourth-order valence-electron chi connectivity index (χ4n) is 7.00. The summed E-state index contributed by atoms with van der Waals surface area (Å²) in [6.45, 7) is 2.08. The zero-order chi connectivity index (χ0) is 22.4. The van der Waals surface area contributed by atoms with Gasteiger partial charge in [-0.25, -0.2) is 0 Å². The summed E-state index contributed by atoms with van der Waals surface area (Å²) in [5.74, 6) is 0.0543. The molecule has 166 valence electrons. The SMILES string of the molecule is Cc1ccc([C@H]2c3sc(=O)[nH]c3S[C@H]3[C@@H]4C[C@H]([C@H]5C(=O)N(c6ccccc6)C(=O)[C@H]45)[C@@H]23)cc1. The molecular formula is C26H22N2O3S2. The lowest BCUT2D eigenvalue weighted by atomic mass is 9.68. The molecule has 1 aromatic heterocycles. The van der Waals surface area contributed by atoms with E-state index in [1.54, 1.807) is 11.8 Å². The van der Waals surface area contributed by atoms with Crippen LogP contribution in [-0.4, -0.2) is 22.0 Å². The summed E-state index contributed by atoms with van der Waals surface area (Å²) in [6, 6.07) is 17.9. The Morgan fingerprint density at radius 3 is 2.33 bits per heavy atom. The number of nitrogens with zero attached hydrogens (tertiary/aromatic N) is 1. The molecule has 2 bridgehead atoms. The van der Waals surface area contributed by atoms with Gasteiger partial charge >= 0.3 is 4.87 Å². The second-order valence-corrected chi connectivity index (χ2v) is 11.9. The topological polar surface area (TPSA) is 70.2 Å². The van der Waals surface area contributed by atoms with Crippen LogP contribution in [0, 0.1) is 36.5 Å². The number of anilines is 1. The van der Waals surface area contributed by atoms with Gasteiger partial charge in [0, 0.05) is 16.0 Å².